The van der Waals surface area contributed by atoms with Crippen LogP contribution in [0.2, 0.25) is 0 Å². The van der Waals surface area contributed by atoms with E-state index in [1.807, 2.05) is 13.8 Å². The Morgan fingerprint density at radius 3 is 2.00 bits per heavy atom. The smallest absolute Gasteiger partial charge is 0.298 e. The fourth-order valence-electron chi connectivity index (χ4n) is 2.48. The van der Waals surface area contributed by atoms with Crippen molar-refractivity contribution in [3.63, 3.8) is 0 Å². The van der Waals surface area contributed by atoms with Gasteiger partial charge >= 0.3 is 0 Å². The summed E-state index contributed by atoms with van der Waals surface area (Å²) >= 11 is 0. The monoisotopic (exact) mass is 318 g/mol. The van der Waals surface area contributed by atoms with E-state index in [0.717, 1.165) is 6.42 Å². The van der Waals surface area contributed by atoms with Gasteiger partial charge in [-0.3, -0.25) is 4.55 Å². The van der Waals surface area contributed by atoms with Crippen molar-refractivity contribution >= 4 is 10.1 Å². The highest BCUT2D eigenvalue weighted by molar-refractivity contribution is 7.86. The van der Waals surface area contributed by atoms with Gasteiger partial charge in [-0.05, 0) is 24.3 Å². The Morgan fingerprint density at radius 2 is 1.67 bits per heavy atom. The van der Waals surface area contributed by atoms with Crippen LogP contribution in [0.5, 0.6) is 17.2 Å². The van der Waals surface area contributed by atoms with Crippen LogP contribution in [0, 0.1) is 0 Å². The average molecular weight is 318 g/mol. The number of ether oxygens (including phenoxy) is 2. The second kappa shape index (κ2) is 6.53. The molecular formula is C14H22O6S. The number of aromatic hydroxyl groups is 1. The molecule has 2 N–H and O–H groups in total. The molecule has 0 amide bonds. The van der Waals surface area contributed by atoms with Gasteiger partial charge in [-0.2, -0.15) is 8.42 Å². The van der Waals surface area contributed by atoms with Gasteiger partial charge in [-0.25, -0.2) is 0 Å². The van der Waals surface area contributed by atoms with Crippen LogP contribution in [-0.4, -0.2) is 32.3 Å². The third-order valence-corrected chi connectivity index (χ3v) is 4.56. The molecule has 1 rings (SSSR count). The van der Waals surface area contributed by atoms with E-state index in [4.69, 9.17) is 9.47 Å². The molecule has 0 bridgehead atoms. The molecule has 1 aromatic rings. The van der Waals surface area contributed by atoms with Crippen LogP contribution in [0.1, 0.15) is 44.2 Å². The molecule has 0 spiro atoms. The van der Waals surface area contributed by atoms with Crippen LogP contribution >= 0.6 is 0 Å². The Bertz CT molecular complexity index is 621. The summed E-state index contributed by atoms with van der Waals surface area (Å²) in [6.07, 6.45) is 1.06. The fraction of sp³-hybridized carbons (Fsp3) is 0.571. The molecule has 0 radical (unpaired) electrons. The van der Waals surface area contributed by atoms with Gasteiger partial charge in [0.15, 0.2) is 11.5 Å². The molecule has 0 heterocycles. The molecule has 1 aromatic carbocycles. The van der Waals surface area contributed by atoms with Crippen LogP contribution in [0.4, 0.5) is 0 Å². The maximum Gasteiger partial charge on any atom is 0.298 e. The van der Waals surface area contributed by atoms with Crippen molar-refractivity contribution in [3.05, 3.63) is 11.1 Å². The summed E-state index contributed by atoms with van der Waals surface area (Å²) in [4.78, 5) is -0.502. The van der Waals surface area contributed by atoms with E-state index >= 15 is 0 Å². The summed E-state index contributed by atoms with van der Waals surface area (Å²) in [5.41, 5.74) is 0.978. The molecule has 7 heteroatoms. The lowest BCUT2D eigenvalue weighted by Crippen LogP contribution is -2.11. The summed E-state index contributed by atoms with van der Waals surface area (Å²) in [6.45, 7) is 5.62. The summed E-state index contributed by atoms with van der Waals surface area (Å²) < 4.78 is 43.2. The molecule has 0 aromatic heterocycles. The standard InChI is InChI=1S/C14H22O6S/c1-6-8(3)10-9(7-2)14(21(16,17)18)11(15)13(20-5)12(10)19-4/h8,15H,6-7H2,1-5H3,(H,16,17,18). The topological polar surface area (TPSA) is 93.1 Å². The maximum atomic E-state index is 11.7. The molecule has 0 aliphatic carbocycles. The minimum atomic E-state index is -4.58. The van der Waals surface area contributed by atoms with Crippen molar-refractivity contribution in [3.8, 4) is 17.2 Å². The first-order valence-electron chi connectivity index (χ1n) is 6.71. The highest BCUT2D eigenvalue weighted by Crippen LogP contribution is 2.49. The molecule has 0 aliphatic heterocycles. The van der Waals surface area contributed by atoms with Gasteiger partial charge < -0.3 is 14.6 Å². The fourth-order valence-corrected chi connectivity index (χ4v) is 3.38. The summed E-state index contributed by atoms with van der Waals surface area (Å²) in [6, 6.07) is 0. The Labute approximate surface area is 125 Å². The van der Waals surface area contributed by atoms with Crippen molar-refractivity contribution in [2.24, 2.45) is 0 Å². The van der Waals surface area contributed by atoms with Crippen molar-refractivity contribution in [2.75, 3.05) is 14.2 Å². The number of phenolic OH excluding ortho intramolecular Hbond substituents is 1. The first-order valence-corrected chi connectivity index (χ1v) is 8.15. The number of benzene rings is 1. The Hall–Kier alpha value is -1.47. The lowest BCUT2D eigenvalue weighted by molar-refractivity contribution is 0.322. The Morgan fingerprint density at radius 1 is 1.14 bits per heavy atom. The van der Waals surface area contributed by atoms with E-state index in [0.29, 0.717) is 23.3 Å². The second-order valence-corrected chi connectivity index (χ2v) is 6.13. The van der Waals surface area contributed by atoms with Gasteiger partial charge in [0.2, 0.25) is 5.75 Å². The van der Waals surface area contributed by atoms with Gasteiger partial charge in [-0.15, -0.1) is 0 Å². The van der Waals surface area contributed by atoms with E-state index in [-0.39, 0.29) is 11.7 Å². The number of methoxy groups -OCH3 is 2. The highest BCUT2D eigenvalue weighted by Gasteiger charge is 2.32. The molecule has 6 nitrogen and oxygen atoms in total. The molecule has 0 fully saturated rings. The van der Waals surface area contributed by atoms with Crippen molar-refractivity contribution < 1.29 is 27.6 Å². The quantitative estimate of drug-likeness (QED) is 0.783. The third-order valence-electron chi connectivity index (χ3n) is 3.61. The van der Waals surface area contributed by atoms with Crippen molar-refractivity contribution in [1.29, 1.82) is 0 Å². The van der Waals surface area contributed by atoms with Gasteiger partial charge in [0, 0.05) is 5.56 Å². The summed E-state index contributed by atoms with van der Waals surface area (Å²) in [7, 11) is -1.85. The zero-order valence-electron chi connectivity index (χ0n) is 12.9. The SMILES string of the molecule is CCc1c(C(C)CC)c(OC)c(OC)c(O)c1S(=O)(=O)O. The molecule has 120 valence electrons. The predicted molar refractivity (Wildman–Crippen MR) is 79.1 cm³/mol. The first kappa shape index (κ1) is 17.6. The minimum Gasteiger partial charge on any atom is -0.503 e. The lowest BCUT2D eigenvalue weighted by atomic mass is 9.90. The third kappa shape index (κ3) is 3.08. The molecule has 1 unspecified atom stereocenters. The average Bonchev–Trinajstić information content (AvgIpc) is 2.43. The van der Waals surface area contributed by atoms with Crippen LogP contribution in [0.25, 0.3) is 0 Å². The molecule has 21 heavy (non-hydrogen) atoms. The van der Waals surface area contributed by atoms with Gasteiger partial charge in [0.1, 0.15) is 4.90 Å². The van der Waals surface area contributed by atoms with E-state index in [9.17, 15) is 18.1 Å². The van der Waals surface area contributed by atoms with Crippen LogP contribution in [0.15, 0.2) is 4.90 Å². The van der Waals surface area contributed by atoms with Gasteiger partial charge in [0.05, 0.1) is 14.2 Å². The van der Waals surface area contributed by atoms with Crippen LogP contribution in [-0.2, 0) is 16.5 Å². The largest absolute Gasteiger partial charge is 0.503 e. The highest BCUT2D eigenvalue weighted by atomic mass is 32.2. The van der Waals surface area contributed by atoms with E-state index in [1.165, 1.54) is 14.2 Å². The van der Waals surface area contributed by atoms with E-state index in [2.05, 4.69) is 0 Å². The van der Waals surface area contributed by atoms with Gasteiger partial charge in [0.25, 0.3) is 10.1 Å². The molecule has 1 atom stereocenters. The van der Waals surface area contributed by atoms with Crippen LogP contribution in [0.3, 0.4) is 0 Å². The molecule has 0 saturated heterocycles. The predicted octanol–water partition coefficient (Wildman–Crippen LogP) is 2.73. The summed E-state index contributed by atoms with van der Waals surface area (Å²) in [5.74, 6) is -0.433. The Balaban J connectivity index is 4.01. The lowest BCUT2D eigenvalue weighted by Gasteiger charge is -2.23. The molecular weight excluding hydrogens is 296 g/mol. The Kier molecular flexibility index (Phi) is 5.47. The first-order chi connectivity index (χ1) is 9.74. The number of phenols is 1. The second-order valence-electron chi connectivity index (χ2n) is 4.77. The van der Waals surface area contributed by atoms with E-state index < -0.39 is 20.8 Å². The zero-order chi connectivity index (χ0) is 16.4. The maximum absolute atomic E-state index is 11.7. The van der Waals surface area contributed by atoms with Gasteiger partial charge in [-0.1, -0.05) is 20.8 Å². The van der Waals surface area contributed by atoms with Crippen LogP contribution < -0.4 is 9.47 Å². The normalized spacial score (nSPS) is 13.0. The van der Waals surface area contributed by atoms with Crippen molar-refractivity contribution in [1.82, 2.24) is 0 Å². The number of hydrogen-bond acceptors (Lipinski definition) is 5. The summed E-state index contributed by atoms with van der Waals surface area (Å²) in [5, 5.41) is 10.2. The number of rotatable bonds is 6. The minimum absolute atomic E-state index is 0.0232. The molecule has 0 aliphatic rings. The zero-order valence-corrected chi connectivity index (χ0v) is 13.7. The van der Waals surface area contributed by atoms with Crippen molar-refractivity contribution in [2.45, 2.75) is 44.4 Å². The number of hydrogen-bond donors (Lipinski definition) is 2. The molecule has 0 saturated carbocycles. The van der Waals surface area contributed by atoms with E-state index in [1.54, 1.807) is 6.92 Å².